The van der Waals surface area contributed by atoms with E-state index in [9.17, 15) is 14.0 Å². The van der Waals surface area contributed by atoms with Crippen LogP contribution in [0.15, 0.2) is 42.5 Å². The minimum atomic E-state index is -0.585. The van der Waals surface area contributed by atoms with E-state index < -0.39 is 11.9 Å². The number of nitrogens with one attached hydrogen (secondary N) is 1. The normalized spacial score (nSPS) is 21.2. The van der Waals surface area contributed by atoms with E-state index in [4.69, 9.17) is 23.2 Å². The fourth-order valence-electron chi connectivity index (χ4n) is 4.70. The Morgan fingerprint density at radius 2 is 1.88 bits per heavy atom. The average molecular weight is 509 g/mol. The van der Waals surface area contributed by atoms with E-state index in [2.05, 4.69) is 5.32 Å². The maximum atomic E-state index is 13.8. The van der Waals surface area contributed by atoms with E-state index in [1.54, 1.807) is 34.9 Å². The molecule has 0 bridgehead atoms. The molecule has 2 unspecified atom stereocenters. The molecule has 0 aromatic heterocycles. The number of benzene rings is 2. The van der Waals surface area contributed by atoms with Crippen molar-refractivity contribution in [3.63, 3.8) is 0 Å². The summed E-state index contributed by atoms with van der Waals surface area (Å²) in [6, 6.07) is 10.4. The zero-order valence-electron chi connectivity index (χ0n) is 18.2. The molecule has 1 saturated carbocycles. The van der Waals surface area contributed by atoms with Gasteiger partial charge in [0.25, 0.3) is 5.91 Å². The third-order valence-electron chi connectivity index (χ3n) is 6.41. The lowest BCUT2D eigenvalue weighted by Crippen LogP contribution is -2.51. The van der Waals surface area contributed by atoms with Crippen molar-refractivity contribution >= 4 is 46.8 Å². The minimum absolute atomic E-state index is 0.0671. The van der Waals surface area contributed by atoms with Crippen LogP contribution in [-0.2, 0) is 11.2 Å². The minimum Gasteiger partial charge on any atom is -0.354 e. The summed E-state index contributed by atoms with van der Waals surface area (Å²) in [5, 5.41) is 4.04. The van der Waals surface area contributed by atoms with Crippen molar-refractivity contribution < 1.29 is 14.0 Å². The Bertz CT molecular complexity index is 1020. The van der Waals surface area contributed by atoms with Gasteiger partial charge in [0.15, 0.2) is 0 Å². The smallest absolute Gasteiger partial charge is 0.255 e. The molecule has 4 nitrogen and oxygen atoms in total. The summed E-state index contributed by atoms with van der Waals surface area (Å²) in [5.41, 5.74) is 1.18. The van der Waals surface area contributed by atoms with Crippen LogP contribution in [0.25, 0.3) is 0 Å². The molecular formula is C25H27Cl2FN2O2S. The second kappa shape index (κ2) is 11.1. The Hall–Kier alpha value is -1.76. The fourth-order valence-corrected chi connectivity index (χ4v) is 6.84. The molecule has 2 aliphatic rings. The zero-order chi connectivity index (χ0) is 23.4. The number of hydrogen-bond donors (Lipinski definition) is 1. The molecule has 1 N–H and O–H groups in total. The van der Waals surface area contributed by atoms with Crippen molar-refractivity contribution in [2.24, 2.45) is 5.92 Å². The van der Waals surface area contributed by atoms with Crippen LogP contribution < -0.4 is 5.32 Å². The highest BCUT2D eigenvalue weighted by molar-refractivity contribution is 8.00. The first-order chi connectivity index (χ1) is 15.9. The van der Waals surface area contributed by atoms with Crippen LogP contribution in [0.2, 0.25) is 10.0 Å². The van der Waals surface area contributed by atoms with Gasteiger partial charge in [-0.15, -0.1) is 11.8 Å². The molecule has 8 heteroatoms. The summed E-state index contributed by atoms with van der Waals surface area (Å²) in [4.78, 5) is 28.4. The summed E-state index contributed by atoms with van der Waals surface area (Å²) < 4.78 is 13.8. The van der Waals surface area contributed by atoms with Crippen LogP contribution in [0.3, 0.4) is 0 Å². The SMILES string of the molecule is O=C(NCCc1ccc(Cl)cc1Cl)C1CSC(C2CCCCC2)N1C(=O)c1cccc(F)c1. The first-order valence-corrected chi connectivity index (χ1v) is 13.2. The summed E-state index contributed by atoms with van der Waals surface area (Å²) in [6.07, 6.45) is 6.15. The van der Waals surface area contributed by atoms with Gasteiger partial charge in [0.05, 0.1) is 5.37 Å². The highest BCUT2D eigenvalue weighted by Gasteiger charge is 2.45. The first kappa shape index (κ1) is 24.4. The van der Waals surface area contributed by atoms with E-state index >= 15 is 0 Å². The summed E-state index contributed by atoms with van der Waals surface area (Å²) in [7, 11) is 0. The summed E-state index contributed by atoms with van der Waals surface area (Å²) in [5.74, 6) is -0.0308. The fraction of sp³-hybridized carbons (Fsp3) is 0.440. The molecule has 1 aliphatic carbocycles. The van der Waals surface area contributed by atoms with E-state index in [1.165, 1.54) is 24.6 Å². The van der Waals surface area contributed by atoms with Gasteiger partial charge in [-0.25, -0.2) is 4.39 Å². The Balaban J connectivity index is 1.48. The third-order valence-corrected chi connectivity index (χ3v) is 8.45. The van der Waals surface area contributed by atoms with Gasteiger partial charge in [0, 0.05) is 27.9 Å². The molecule has 1 aliphatic heterocycles. The molecule has 2 fully saturated rings. The molecule has 2 aromatic carbocycles. The lowest BCUT2D eigenvalue weighted by molar-refractivity contribution is -0.125. The standard InChI is InChI=1S/C25H27Cl2FN2O2S/c26-19-10-9-16(21(27)14-19)11-12-29-23(31)22-15-33-25(17-5-2-1-3-6-17)30(22)24(32)18-7-4-8-20(28)13-18/h4,7-10,13-14,17,22,25H,1-3,5-6,11-12,15H2,(H,29,31). The van der Waals surface area contributed by atoms with Crippen molar-refractivity contribution in [2.75, 3.05) is 12.3 Å². The van der Waals surface area contributed by atoms with E-state index in [-0.39, 0.29) is 22.8 Å². The number of amides is 2. The largest absolute Gasteiger partial charge is 0.354 e. The maximum Gasteiger partial charge on any atom is 0.255 e. The van der Waals surface area contributed by atoms with Crippen LogP contribution in [0.4, 0.5) is 4.39 Å². The van der Waals surface area contributed by atoms with E-state index in [1.807, 2.05) is 6.07 Å². The van der Waals surface area contributed by atoms with Gasteiger partial charge in [-0.05, 0) is 61.1 Å². The van der Waals surface area contributed by atoms with Crippen molar-refractivity contribution in [2.45, 2.75) is 49.9 Å². The summed E-state index contributed by atoms with van der Waals surface area (Å²) >= 11 is 13.9. The van der Waals surface area contributed by atoms with Crippen LogP contribution in [-0.4, -0.2) is 40.4 Å². The van der Waals surface area contributed by atoms with Gasteiger partial charge in [0.1, 0.15) is 11.9 Å². The second-order valence-corrected chi connectivity index (χ2v) is 10.6. The first-order valence-electron chi connectivity index (χ1n) is 11.4. The molecule has 1 heterocycles. The monoisotopic (exact) mass is 508 g/mol. The second-order valence-electron chi connectivity index (χ2n) is 8.64. The molecule has 33 heavy (non-hydrogen) atoms. The third kappa shape index (κ3) is 5.84. The van der Waals surface area contributed by atoms with Crippen LogP contribution in [0.1, 0.15) is 48.0 Å². The Kier molecular flexibility index (Phi) is 8.20. The molecule has 176 valence electrons. The van der Waals surface area contributed by atoms with Gasteiger partial charge in [-0.1, -0.05) is 54.6 Å². The van der Waals surface area contributed by atoms with E-state index in [0.29, 0.717) is 34.7 Å². The molecule has 2 amide bonds. The topological polar surface area (TPSA) is 49.4 Å². The number of hydrogen-bond acceptors (Lipinski definition) is 3. The predicted molar refractivity (Wildman–Crippen MR) is 132 cm³/mol. The number of carbonyl (C=O) groups is 2. The molecule has 2 atom stereocenters. The van der Waals surface area contributed by atoms with E-state index in [0.717, 1.165) is 31.2 Å². The molecule has 2 aromatic rings. The van der Waals surface area contributed by atoms with Gasteiger partial charge >= 0.3 is 0 Å². The van der Waals surface area contributed by atoms with Crippen molar-refractivity contribution in [3.8, 4) is 0 Å². The predicted octanol–water partition coefficient (Wildman–Crippen LogP) is 5.96. The van der Waals surface area contributed by atoms with Crippen LogP contribution in [0.5, 0.6) is 0 Å². The number of rotatable bonds is 6. The Morgan fingerprint density at radius 3 is 2.61 bits per heavy atom. The van der Waals surface area contributed by atoms with Crippen molar-refractivity contribution in [3.05, 3.63) is 69.5 Å². The highest BCUT2D eigenvalue weighted by Crippen LogP contribution is 2.41. The van der Waals surface area contributed by atoms with Gasteiger partial charge in [-0.2, -0.15) is 0 Å². The van der Waals surface area contributed by atoms with Gasteiger partial charge in [0.2, 0.25) is 5.91 Å². The number of nitrogens with zero attached hydrogens (tertiary/aromatic N) is 1. The molecule has 4 rings (SSSR count). The van der Waals surface area contributed by atoms with Crippen LogP contribution in [0, 0.1) is 11.7 Å². The number of carbonyl (C=O) groups excluding carboxylic acids is 2. The quantitative estimate of drug-likeness (QED) is 0.523. The highest BCUT2D eigenvalue weighted by atomic mass is 35.5. The maximum absolute atomic E-state index is 13.8. The van der Waals surface area contributed by atoms with Crippen molar-refractivity contribution in [1.29, 1.82) is 0 Å². The average Bonchev–Trinajstić information content (AvgIpc) is 3.26. The molecule has 1 saturated heterocycles. The number of halogens is 3. The molecule has 0 radical (unpaired) electrons. The Labute approximate surface area is 208 Å². The molecular weight excluding hydrogens is 482 g/mol. The van der Waals surface area contributed by atoms with Gasteiger partial charge in [-0.3, -0.25) is 9.59 Å². The Morgan fingerprint density at radius 1 is 1.09 bits per heavy atom. The van der Waals surface area contributed by atoms with Crippen molar-refractivity contribution in [1.82, 2.24) is 10.2 Å². The summed E-state index contributed by atoms with van der Waals surface area (Å²) in [6.45, 7) is 0.400. The van der Waals surface area contributed by atoms with Crippen LogP contribution >= 0.6 is 35.0 Å². The lowest BCUT2D eigenvalue weighted by atomic mass is 9.88. The lowest BCUT2D eigenvalue weighted by Gasteiger charge is -2.35. The number of thioether (sulfide) groups is 1. The zero-order valence-corrected chi connectivity index (χ0v) is 20.6. The van der Waals surface area contributed by atoms with Gasteiger partial charge < -0.3 is 10.2 Å². The molecule has 0 spiro atoms.